The molecule has 1 fully saturated rings. The second-order valence-corrected chi connectivity index (χ2v) is 13.7. The van der Waals surface area contributed by atoms with Gasteiger partial charge in [0.25, 0.3) is 11.8 Å². The molecule has 16 nitrogen and oxygen atoms in total. The highest BCUT2D eigenvalue weighted by Gasteiger charge is 2.54. The quantitative estimate of drug-likeness (QED) is 0.0351. The fourth-order valence-corrected chi connectivity index (χ4v) is 7.92. The monoisotopic (exact) mass is 726 g/mol. The molecule has 19 heteroatoms. The van der Waals surface area contributed by atoms with Crippen LogP contribution in [0.1, 0.15) is 18.4 Å². The average molecular weight is 727 g/mol. The number of aryl methyl sites for hydroxylation is 1. The number of carboxylic acids is 1. The molecule has 0 unspecified atom stereocenters. The molecule has 6 N–H and O–H groups in total. The van der Waals surface area contributed by atoms with Crippen LogP contribution in [-0.2, 0) is 32.3 Å². The fourth-order valence-electron chi connectivity index (χ4n) is 4.99. The second kappa shape index (κ2) is 14.1. The Balaban J connectivity index is 1.14. The molecular weight excluding hydrogens is 699 g/mol. The highest BCUT2D eigenvalue weighted by Crippen LogP contribution is 2.42. The van der Waals surface area contributed by atoms with Gasteiger partial charge in [-0.3, -0.25) is 19.3 Å². The van der Waals surface area contributed by atoms with Crippen LogP contribution >= 0.6 is 34.9 Å². The molecule has 0 radical (unpaired) electrons. The van der Waals surface area contributed by atoms with Crippen molar-refractivity contribution in [2.45, 2.75) is 36.4 Å². The van der Waals surface area contributed by atoms with Gasteiger partial charge < -0.3 is 35.7 Å². The first-order valence-corrected chi connectivity index (χ1v) is 17.4. The maximum absolute atomic E-state index is 13.5. The van der Waals surface area contributed by atoms with Crippen molar-refractivity contribution < 1.29 is 43.6 Å². The number of anilines is 1. The minimum atomic E-state index is -1.22. The Morgan fingerprint density at radius 1 is 1.29 bits per heavy atom. The van der Waals surface area contributed by atoms with Crippen molar-refractivity contribution in [3.05, 3.63) is 87.4 Å². The number of amides is 2. The highest BCUT2D eigenvalue weighted by atomic mass is 32.2. The van der Waals surface area contributed by atoms with E-state index in [0.717, 1.165) is 41.3 Å². The van der Waals surface area contributed by atoms with E-state index in [2.05, 4.69) is 15.5 Å². The standard InChI is InChI=1S/C30H27N7O9S3/c1-2-35-5-3-17(4-6-35)47-12-15-13-48-28-24(27(41)37(28)25(15)29(42)43)33-26(40)18(20-14-49-30(31)32-20)11-45-10-16-7-19(34-46-16)21-8-22(38)23(39)9-36(21)44/h3-9,11,14,24,28,44H,2,10,12-13H2,1H3,(H4-,31,32,33,39,40,42,43)/p+1/b18-11-/t24-,28-/m1/s1. The molecule has 2 atom stereocenters. The Morgan fingerprint density at radius 2 is 2.06 bits per heavy atom. The number of β-lactam (4-membered cyclic amide) rings is 1. The first-order valence-electron chi connectivity index (χ1n) is 14.5. The number of carbonyl (C=O) groups excluding carboxylic acids is 2. The van der Waals surface area contributed by atoms with Crippen LogP contribution in [-0.4, -0.2) is 75.9 Å². The van der Waals surface area contributed by atoms with Gasteiger partial charge in [0.2, 0.25) is 5.43 Å². The van der Waals surface area contributed by atoms with Gasteiger partial charge in [0.1, 0.15) is 47.2 Å². The van der Waals surface area contributed by atoms with Crippen LogP contribution in [0.15, 0.2) is 80.0 Å². The van der Waals surface area contributed by atoms with E-state index < -0.39 is 40.4 Å². The van der Waals surface area contributed by atoms with Gasteiger partial charge in [-0.05, 0) is 12.5 Å². The molecular formula is C30H28N7O9S3+. The molecule has 0 aromatic carbocycles. The van der Waals surface area contributed by atoms with E-state index in [9.17, 15) is 34.6 Å². The van der Waals surface area contributed by atoms with E-state index >= 15 is 0 Å². The second-order valence-electron chi connectivity index (χ2n) is 10.6. The zero-order chi connectivity index (χ0) is 34.8. The van der Waals surface area contributed by atoms with Crippen LogP contribution < -0.4 is 21.0 Å². The maximum atomic E-state index is 13.5. The summed E-state index contributed by atoms with van der Waals surface area (Å²) < 4.78 is 13.3. The number of hydrogen-bond donors (Lipinski definition) is 5. The number of hydrogen-bond acceptors (Lipinski definition) is 14. The van der Waals surface area contributed by atoms with Crippen LogP contribution in [0.25, 0.3) is 17.0 Å². The fraction of sp³-hybridized carbons (Fsp3) is 0.233. The minimum absolute atomic E-state index is 0.0428. The average Bonchev–Trinajstić information content (AvgIpc) is 3.74. The number of carboxylic acid groups (broad SMARTS) is 1. The van der Waals surface area contributed by atoms with Crippen molar-refractivity contribution >= 4 is 63.3 Å². The number of fused-ring (bicyclic) bond motifs is 1. The number of thioether (sulfide) groups is 2. The number of rotatable bonds is 12. The van der Waals surface area contributed by atoms with Crippen molar-refractivity contribution in [3.8, 4) is 17.1 Å². The Morgan fingerprint density at radius 3 is 2.76 bits per heavy atom. The van der Waals surface area contributed by atoms with Gasteiger partial charge in [0, 0.05) is 46.0 Å². The van der Waals surface area contributed by atoms with Crippen LogP contribution in [0.5, 0.6) is 5.75 Å². The number of aromatic nitrogens is 4. The van der Waals surface area contributed by atoms with Crippen LogP contribution in [0.2, 0.25) is 0 Å². The number of nitrogens with two attached hydrogens (primary N) is 1. The van der Waals surface area contributed by atoms with Crippen LogP contribution in [0, 0.1) is 0 Å². The lowest BCUT2D eigenvalue weighted by Crippen LogP contribution is -2.70. The van der Waals surface area contributed by atoms with E-state index in [1.807, 2.05) is 36.0 Å². The van der Waals surface area contributed by atoms with Gasteiger partial charge in [-0.1, -0.05) is 5.16 Å². The lowest BCUT2D eigenvalue weighted by atomic mass is 10.0. The summed E-state index contributed by atoms with van der Waals surface area (Å²) >= 11 is 3.93. The summed E-state index contributed by atoms with van der Waals surface area (Å²) in [6, 6.07) is 5.26. The summed E-state index contributed by atoms with van der Waals surface area (Å²) in [5.74, 6) is -2.22. The zero-order valence-corrected chi connectivity index (χ0v) is 28.0. The SMILES string of the molecule is CC[n+]1ccc(SCC2=C(C(=O)O)N3C(=O)[C@@H](NC(=O)/C(=C\OCc4cc(-c5cc(=O)c(O)cn5O)no4)c4csc(N)n4)[C@H]3SC2)cc1. The van der Waals surface area contributed by atoms with Crippen molar-refractivity contribution in [3.63, 3.8) is 0 Å². The van der Waals surface area contributed by atoms with Crippen molar-refractivity contribution in [2.75, 3.05) is 17.2 Å². The number of aromatic hydroxyl groups is 1. The van der Waals surface area contributed by atoms with Gasteiger partial charge in [-0.15, -0.1) is 34.9 Å². The molecule has 49 heavy (non-hydrogen) atoms. The third-order valence-electron chi connectivity index (χ3n) is 7.48. The molecule has 4 aromatic heterocycles. The first kappa shape index (κ1) is 33.6. The molecule has 0 saturated carbocycles. The molecule has 4 aromatic rings. The maximum Gasteiger partial charge on any atom is 0.352 e. The summed E-state index contributed by atoms with van der Waals surface area (Å²) in [5, 5.41) is 37.1. The molecule has 6 heterocycles. The number of aliphatic carboxylic acids is 1. The Labute approximate surface area is 289 Å². The Kier molecular flexibility index (Phi) is 9.65. The van der Waals surface area contributed by atoms with E-state index in [4.69, 9.17) is 15.0 Å². The lowest BCUT2D eigenvalue weighted by molar-refractivity contribution is -0.693. The van der Waals surface area contributed by atoms with Gasteiger partial charge >= 0.3 is 5.97 Å². The van der Waals surface area contributed by atoms with Crippen LogP contribution in [0.3, 0.4) is 0 Å². The molecule has 1 saturated heterocycles. The molecule has 6 rings (SSSR count). The summed E-state index contributed by atoms with van der Waals surface area (Å²) in [5.41, 5.74) is 5.77. The third kappa shape index (κ3) is 6.99. The van der Waals surface area contributed by atoms with Gasteiger partial charge in [-0.25, -0.2) is 14.3 Å². The van der Waals surface area contributed by atoms with E-state index in [1.54, 1.807) is 0 Å². The molecule has 0 spiro atoms. The number of pyridine rings is 2. The van der Waals surface area contributed by atoms with Gasteiger partial charge in [0.15, 0.2) is 29.0 Å². The van der Waals surface area contributed by atoms with Crippen molar-refractivity contribution in [2.24, 2.45) is 0 Å². The topological polar surface area (TPSA) is 227 Å². The minimum Gasteiger partial charge on any atom is -0.503 e. The highest BCUT2D eigenvalue weighted by molar-refractivity contribution is 8.01. The number of carbonyl (C=O) groups is 3. The van der Waals surface area contributed by atoms with E-state index in [1.165, 1.54) is 39.9 Å². The first-order chi connectivity index (χ1) is 23.5. The molecule has 0 bridgehead atoms. The molecule has 0 aliphatic carbocycles. The predicted octanol–water partition coefficient (Wildman–Crippen LogP) is 1.88. The third-order valence-corrected chi connectivity index (χ3v) is 10.6. The Bertz CT molecular complexity index is 2060. The van der Waals surface area contributed by atoms with Crippen LogP contribution in [0.4, 0.5) is 5.13 Å². The molecule has 2 aliphatic heterocycles. The van der Waals surface area contributed by atoms with Gasteiger partial charge in [0.05, 0.1) is 18.2 Å². The molecule has 2 amide bonds. The zero-order valence-electron chi connectivity index (χ0n) is 25.5. The van der Waals surface area contributed by atoms with Gasteiger partial charge in [-0.2, -0.15) is 4.73 Å². The smallest absolute Gasteiger partial charge is 0.352 e. The number of nitrogen functional groups attached to an aromatic ring is 1. The number of nitrogens with zero attached hydrogens (tertiary/aromatic N) is 5. The lowest BCUT2D eigenvalue weighted by Gasteiger charge is -2.49. The Hall–Kier alpha value is -5.27. The van der Waals surface area contributed by atoms with Crippen molar-refractivity contribution in [1.82, 2.24) is 25.1 Å². The summed E-state index contributed by atoms with van der Waals surface area (Å²) in [6.07, 6.45) is 5.83. The van der Waals surface area contributed by atoms with Crippen molar-refractivity contribution in [1.29, 1.82) is 0 Å². The van der Waals surface area contributed by atoms with E-state index in [-0.39, 0.29) is 45.9 Å². The summed E-state index contributed by atoms with van der Waals surface area (Å²) in [7, 11) is 0. The summed E-state index contributed by atoms with van der Waals surface area (Å²) in [4.78, 5) is 57.3. The number of nitrogens with one attached hydrogen (secondary N) is 1. The normalized spacial score (nSPS) is 17.4. The largest absolute Gasteiger partial charge is 0.503 e. The van der Waals surface area contributed by atoms with E-state index in [0.29, 0.717) is 21.8 Å². The summed E-state index contributed by atoms with van der Waals surface area (Å²) in [6.45, 7) is 2.63. The number of ether oxygens (including phenoxy) is 1. The predicted molar refractivity (Wildman–Crippen MR) is 177 cm³/mol. The molecule has 2 aliphatic rings. The molecule has 254 valence electrons. The number of thiazole rings is 1.